The maximum absolute atomic E-state index is 12.6. The monoisotopic (exact) mass is 307 g/mol. The van der Waals surface area contributed by atoms with Crippen LogP contribution < -0.4 is 4.72 Å². The molecule has 0 spiro atoms. The second kappa shape index (κ2) is 7.60. The van der Waals surface area contributed by atoms with Crippen LogP contribution >= 0.6 is 0 Å². The normalized spacial score (nSPS) is 16.8. The first kappa shape index (κ1) is 16.0. The van der Waals surface area contributed by atoms with Crippen LogP contribution in [0, 0.1) is 11.8 Å². The number of aliphatic hydroxyl groups is 1. The van der Waals surface area contributed by atoms with Gasteiger partial charge in [-0.3, -0.25) is 0 Å². The molecule has 0 radical (unpaired) electrons. The molecule has 1 aromatic rings. The molecule has 2 rings (SSSR count). The first-order chi connectivity index (χ1) is 10.1. The smallest absolute Gasteiger partial charge is 0.242 e. The number of hydrogen-bond acceptors (Lipinski definition) is 3. The van der Waals surface area contributed by atoms with Crippen molar-refractivity contribution in [2.24, 2.45) is 0 Å². The van der Waals surface area contributed by atoms with Gasteiger partial charge in [0.2, 0.25) is 10.0 Å². The summed E-state index contributed by atoms with van der Waals surface area (Å²) in [6.07, 6.45) is 6.28. The molecule has 1 saturated carbocycles. The van der Waals surface area contributed by atoms with Crippen LogP contribution in [0.15, 0.2) is 29.2 Å². The second-order valence-electron chi connectivity index (χ2n) is 5.27. The van der Waals surface area contributed by atoms with Crippen molar-refractivity contribution in [1.29, 1.82) is 0 Å². The van der Waals surface area contributed by atoms with E-state index in [0.29, 0.717) is 5.56 Å². The van der Waals surface area contributed by atoms with Crippen LogP contribution in [0.5, 0.6) is 0 Å². The molecule has 0 bridgehead atoms. The van der Waals surface area contributed by atoms with Gasteiger partial charge in [-0.25, -0.2) is 13.1 Å². The molecule has 0 saturated heterocycles. The number of hydrogen-bond donors (Lipinski definition) is 2. The van der Waals surface area contributed by atoms with Crippen LogP contribution in [-0.2, 0) is 10.0 Å². The van der Waals surface area contributed by atoms with E-state index in [1.165, 1.54) is 12.8 Å². The third kappa shape index (κ3) is 4.57. The minimum absolute atomic E-state index is 0.0105. The zero-order chi connectivity index (χ0) is 15.1. The van der Waals surface area contributed by atoms with Gasteiger partial charge in [0.25, 0.3) is 0 Å². The number of benzene rings is 1. The first-order valence-electron chi connectivity index (χ1n) is 7.34. The number of aliphatic hydroxyl groups excluding tert-OH is 1. The van der Waals surface area contributed by atoms with Gasteiger partial charge in [-0.15, -0.1) is 0 Å². The fraction of sp³-hybridized carbons (Fsp3) is 0.500. The molecule has 0 aliphatic heterocycles. The maximum atomic E-state index is 12.6. The summed E-state index contributed by atoms with van der Waals surface area (Å²) in [5, 5.41) is 8.77. The van der Waals surface area contributed by atoms with Gasteiger partial charge in [0.05, 0.1) is 4.90 Å². The van der Waals surface area contributed by atoms with Crippen LogP contribution in [0.2, 0.25) is 0 Å². The van der Waals surface area contributed by atoms with Gasteiger partial charge in [-0.2, -0.15) is 0 Å². The van der Waals surface area contributed by atoms with Gasteiger partial charge in [0.1, 0.15) is 6.61 Å². The van der Waals surface area contributed by atoms with Gasteiger partial charge in [-0.1, -0.05) is 49.7 Å². The molecule has 0 amide bonds. The lowest BCUT2D eigenvalue weighted by atomic mass is 10.1. The Labute approximate surface area is 126 Å². The van der Waals surface area contributed by atoms with E-state index >= 15 is 0 Å². The molecule has 1 aliphatic carbocycles. The van der Waals surface area contributed by atoms with Gasteiger partial charge in [0.15, 0.2) is 0 Å². The topological polar surface area (TPSA) is 66.4 Å². The summed E-state index contributed by atoms with van der Waals surface area (Å²) < 4.78 is 27.9. The lowest BCUT2D eigenvalue weighted by molar-refractivity contribution is 0.350. The fourth-order valence-corrected chi connectivity index (χ4v) is 4.09. The van der Waals surface area contributed by atoms with Gasteiger partial charge in [0, 0.05) is 11.6 Å². The predicted molar refractivity (Wildman–Crippen MR) is 82.2 cm³/mol. The van der Waals surface area contributed by atoms with Crippen molar-refractivity contribution >= 4 is 10.0 Å². The number of sulfonamides is 1. The van der Waals surface area contributed by atoms with Crippen molar-refractivity contribution < 1.29 is 13.5 Å². The molecule has 0 atom stereocenters. The highest BCUT2D eigenvalue weighted by Gasteiger charge is 2.22. The Bertz CT molecular complexity index is 620. The van der Waals surface area contributed by atoms with E-state index in [0.717, 1.165) is 25.7 Å². The highest BCUT2D eigenvalue weighted by Crippen LogP contribution is 2.21. The zero-order valence-corrected chi connectivity index (χ0v) is 12.8. The molecular weight excluding hydrogens is 286 g/mol. The van der Waals surface area contributed by atoms with E-state index in [9.17, 15) is 8.42 Å². The highest BCUT2D eigenvalue weighted by molar-refractivity contribution is 7.89. The third-order valence-electron chi connectivity index (χ3n) is 3.66. The Morgan fingerprint density at radius 3 is 2.48 bits per heavy atom. The van der Waals surface area contributed by atoms with Crippen LogP contribution in [0.1, 0.15) is 44.1 Å². The summed E-state index contributed by atoms with van der Waals surface area (Å²) in [7, 11) is -3.57. The van der Waals surface area contributed by atoms with Crippen molar-refractivity contribution in [3.63, 3.8) is 0 Å². The summed E-state index contributed by atoms with van der Waals surface area (Å²) in [5.41, 5.74) is 0.424. The standard InChI is InChI=1S/C16H21NO3S/c18-13-7-9-14-8-5-6-12-16(14)21(19,20)17-15-10-3-1-2-4-11-15/h5-6,8,12,15,17-18H,1-4,10-11,13H2. The van der Waals surface area contributed by atoms with Crippen molar-refractivity contribution in [2.75, 3.05) is 6.61 Å². The molecule has 1 aliphatic rings. The van der Waals surface area contributed by atoms with Crippen LogP contribution in [0.4, 0.5) is 0 Å². The molecule has 114 valence electrons. The van der Waals surface area contributed by atoms with Crippen molar-refractivity contribution in [1.82, 2.24) is 4.72 Å². The molecule has 21 heavy (non-hydrogen) atoms. The molecule has 4 nitrogen and oxygen atoms in total. The Morgan fingerprint density at radius 1 is 1.14 bits per heavy atom. The van der Waals surface area contributed by atoms with E-state index in [-0.39, 0.29) is 17.5 Å². The molecule has 2 N–H and O–H groups in total. The highest BCUT2D eigenvalue weighted by atomic mass is 32.2. The third-order valence-corrected chi connectivity index (χ3v) is 5.23. The van der Waals surface area contributed by atoms with E-state index in [1.54, 1.807) is 24.3 Å². The van der Waals surface area contributed by atoms with Crippen molar-refractivity contribution in [3.8, 4) is 11.8 Å². The number of nitrogens with one attached hydrogen (secondary N) is 1. The summed E-state index contributed by atoms with van der Waals surface area (Å²) in [5.74, 6) is 5.20. The van der Waals surface area contributed by atoms with Gasteiger partial charge < -0.3 is 5.11 Å². The molecule has 0 aromatic heterocycles. The Balaban J connectivity index is 2.22. The Kier molecular flexibility index (Phi) is 5.80. The second-order valence-corrected chi connectivity index (χ2v) is 6.95. The Hall–Kier alpha value is -1.35. The van der Waals surface area contributed by atoms with E-state index in [4.69, 9.17) is 5.11 Å². The molecule has 5 heteroatoms. The van der Waals surface area contributed by atoms with E-state index in [2.05, 4.69) is 16.6 Å². The van der Waals surface area contributed by atoms with E-state index in [1.807, 2.05) is 0 Å². The molecule has 1 aromatic carbocycles. The summed E-state index contributed by atoms with van der Waals surface area (Å²) in [6.45, 7) is -0.287. The SMILES string of the molecule is O=S(=O)(NC1CCCCCC1)c1ccccc1C#CCO. The van der Waals surface area contributed by atoms with Crippen molar-refractivity contribution in [3.05, 3.63) is 29.8 Å². The van der Waals surface area contributed by atoms with E-state index < -0.39 is 10.0 Å². The lowest BCUT2D eigenvalue weighted by Gasteiger charge is -2.17. The van der Waals surface area contributed by atoms with Crippen LogP contribution in [0.25, 0.3) is 0 Å². The van der Waals surface area contributed by atoms with Gasteiger partial charge in [-0.05, 0) is 25.0 Å². The van der Waals surface area contributed by atoms with Gasteiger partial charge >= 0.3 is 0 Å². The molecule has 0 heterocycles. The summed E-state index contributed by atoms with van der Waals surface area (Å²) in [6, 6.07) is 6.65. The van der Waals surface area contributed by atoms with Crippen LogP contribution in [-0.4, -0.2) is 26.2 Å². The quantitative estimate of drug-likeness (QED) is 0.663. The molecule has 1 fully saturated rings. The average molecular weight is 307 g/mol. The van der Waals surface area contributed by atoms with Crippen LogP contribution in [0.3, 0.4) is 0 Å². The largest absolute Gasteiger partial charge is 0.384 e. The molecular formula is C16H21NO3S. The minimum Gasteiger partial charge on any atom is -0.384 e. The summed E-state index contributed by atoms with van der Waals surface area (Å²) >= 11 is 0. The lowest BCUT2D eigenvalue weighted by Crippen LogP contribution is -2.34. The fourth-order valence-electron chi connectivity index (χ4n) is 2.62. The first-order valence-corrected chi connectivity index (χ1v) is 8.83. The average Bonchev–Trinajstić information content (AvgIpc) is 2.73. The minimum atomic E-state index is -3.57. The molecule has 0 unspecified atom stereocenters. The Morgan fingerprint density at radius 2 is 1.81 bits per heavy atom. The maximum Gasteiger partial charge on any atom is 0.242 e. The number of rotatable bonds is 3. The summed E-state index contributed by atoms with van der Waals surface area (Å²) in [4.78, 5) is 0.190. The zero-order valence-electron chi connectivity index (χ0n) is 12.0. The van der Waals surface area contributed by atoms with Crippen molar-refractivity contribution in [2.45, 2.75) is 49.5 Å². The predicted octanol–water partition coefficient (Wildman–Crippen LogP) is 2.03.